The van der Waals surface area contributed by atoms with Crippen molar-refractivity contribution in [3.8, 4) is 0 Å². The van der Waals surface area contributed by atoms with E-state index in [2.05, 4.69) is 0 Å². The van der Waals surface area contributed by atoms with E-state index >= 15 is 0 Å². The van der Waals surface area contributed by atoms with Crippen molar-refractivity contribution in [3.63, 3.8) is 0 Å². The monoisotopic (exact) mass is 278 g/mol. The standard InChI is InChI=1S/C15H15ClO3/c16-11-7-3-2-6-10(11)12-13(17)15(19-14(12)18)8-4-1-5-9-15/h2-3,6-7,12H,1,4-5,8-9H2. The first-order valence-corrected chi connectivity index (χ1v) is 7.03. The van der Waals surface area contributed by atoms with Gasteiger partial charge in [-0.1, -0.05) is 36.2 Å². The van der Waals surface area contributed by atoms with Gasteiger partial charge in [0.2, 0.25) is 0 Å². The zero-order valence-corrected chi connectivity index (χ0v) is 11.3. The molecule has 3 rings (SSSR count). The van der Waals surface area contributed by atoms with E-state index in [1.54, 1.807) is 24.3 Å². The van der Waals surface area contributed by atoms with Gasteiger partial charge in [0.05, 0.1) is 0 Å². The summed E-state index contributed by atoms with van der Waals surface area (Å²) in [5, 5.41) is 0.450. The van der Waals surface area contributed by atoms with Crippen LogP contribution in [-0.2, 0) is 14.3 Å². The van der Waals surface area contributed by atoms with E-state index in [1.165, 1.54) is 0 Å². The minimum atomic E-state index is -0.876. The van der Waals surface area contributed by atoms with Crippen LogP contribution in [0.2, 0.25) is 5.02 Å². The topological polar surface area (TPSA) is 43.4 Å². The van der Waals surface area contributed by atoms with Gasteiger partial charge < -0.3 is 4.74 Å². The molecule has 1 unspecified atom stereocenters. The van der Waals surface area contributed by atoms with Crippen LogP contribution >= 0.6 is 11.6 Å². The Morgan fingerprint density at radius 3 is 2.47 bits per heavy atom. The predicted octanol–water partition coefficient (Wildman–Crippen LogP) is 3.25. The van der Waals surface area contributed by atoms with Crippen LogP contribution in [-0.4, -0.2) is 17.4 Å². The van der Waals surface area contributed by atoms with Crippen LogP contribution in [0.4, 0.5) is 0 Å². The lowest BCUT2D eigenvalue weighted by atomic mass is 9.78. The van der Waals surface area contributed by atoms with Crippen LogP contribution in [0.3, 0.4) is 0 Å². The summed E-state index contributed by atoms with van der Waals surface area (Å²) < 4.78 is 5.48. The highest BCUT2D eigenvalue weighted by molar-refractivity contribution is 6.32. The molecule has 1 aliphatic heterocycles. The van der Waals surface area contributed by atoms with Gasteiger partial charge in [-0.2, -0.15) is 0 Å². The zero-order chi connectivity index (χ0) is 13.5. The fourth-order valence-corrected chi connectivity index (χ4v) is 3.37. The zero-order valence-electron chi connectivity index (χ0n) is 10.5. The number of ketones is 1. The largest absolute Gasteiger partial charge is 0.450 e. The Balaban J connectivity index is 1.98. The van der Waals surface area contributed by atoms with E-state index in [4.69, 9.17) is 16.3 Å². The number of halogens is 1. The number of Topliss-reactive ketones (excluding diaryl/α,β-unsaturated/α-hetero) is 1. The van der Waals surface area contributed by atoms with Gasteiger partial charge in [0.25, 0.3) is 0 Å². The molecular formula is C15H15ClO3. The second-order valence-corrected chi connectivity index (χ2v) is 5.70. The van der Waals surface area contributed by atoms with Crippen LogP contribution in [0.15, 0.2) is 24.3 Å². The molecule has 1 aromatic rings. The van der Waals surface area contributed by atoms with Gasteiger partial charge in [-0.3, -0.25) is 9.59 Å². The molecular weight excluding hydrogens is 264 g/mol. The first kappa shape index (κ1) is 12.7. The van der Waals surface area contributed by atoms with E-state index < -0.39 is 17.5 Å². The summed E-state index contributed by atoms with van der Waals surface area (Å²) >= 11 is 6.10. The fraction of sp³-hybridized carbons (Fsp3) is 0.467. The van der Waals surface area contributed by atoms with E-state index in [1.807, 2.05) is 0 Å². The molecule has 1 atom stereocenters. The molecule has 2 fully saturated rings. The summed E-state index contributed by atoms with van der Waals surface area (Å²) in [4.78, 5) is 24.8. The van der Waals surface area contributed by atoms with Crippen LogP contribution in [0.1, 0.15) is 43.6 Å². The highest BCUT2D eigenvalue weighted by Gasteiger charge is 2.55. The third kappa shape index (κ3) is 1.96. The minimum Gasteiger partial charge on any atom is -0.450 e. The summed E-state index contributed by atoms with van der Waals surface area (Å²) in [6, 6.07) is 7.00. The van der Waals surface area contributed by atoms with Crippen LogP contribution < -0.4 is 0 Å². The third-order valence-electron chi connectivity index (χ3n) is 4.12. The number of hydrogen-bond donors (Lipinski definition) is 0. The normalized spacial score (nSPS) is 25.6. The van der Waals surface area contributed by atoms with Crippen molar-refractivity contribution >= 4 is 23.4 Å². The lowest BCUT2D eigenvalue weighted by Gasteiger charge is -2.29. The highest BCUT2D eigenvalue weighted by Crippen LogP contribution is 2.44. The molecule has 1 heterocycles. The van der Waals surface area contributed by atoms with Crippen molar-refractivity contribution < 1.29 is 14.3 Å². The Bertz CT molecular complexity index is 532. The van der Waals surface area contributed by atoms with E-state index in [0.717, 1.165) is 19.3 Å². The summed E-state index contributed by atoms with van der Waals surface area (Å²) in [5.74, 6) is -1.39. The molecule has 2 aliphatic rings. The molecule has 0 radical (unpaired) electrons. The number of ether oxygens (including phenoxy) is 1. The summed E-state index contributed by atoms with van der Waals surface area (Å²) in [6.45, 7) is 0. The smallest absolute Gasteiger partial charge is 0.322 e. The van der Waals surface area contributed by atoms with Gasteiger partial charge in [-0.25, -0.2) is 0 Å². The Morgan fingerprint density at radius 1 is 1.11 bits per heavy atom. The van der Waals surface area contributed by atoms with E-state index in [9.17, 15) is 9.59 Å². The van der Waals surface area contributed by atoms with Crippen LogP contribution in [0, 0.1) is 0 Å². The number of hydrogen-bond acceptors (Lipinski definition) is 3. The number of carbonyl (C=O) groups is 2. The summed E-state index contributed by atoms with van der Waals surface area (Å²) in [6.07, 6.45) is 4.28. The van der Waals surface area contributed by atoms with E-state index in [-0.39, 0.29) is 5.78 Å². The van der Waals surface area contributed by atoms with Crippen molar-refractivity contribution in [2.24, 2.45) is 0 Å². The Labute approximate surface area is 116 Å². The molecule has 100 valence electrons. The Kier molecular flexibility index (Phi) is 3.09. The first-order valence-electron chi connectivity index (χ1n) is 6.66. The molecule has 4 heteroatoms. The van der Waals surface area contributed by atoms with Gasteiger partial charge >= 0.3 is 5.97 Å². The number of benzene rings is 1. The van der Waals surface area contributed by atoms with Crippen molar-refractivity contribution in [3.05, 3.63) is 34.9 Å². The van der Waals surface area contributed by atoms with Gasteiger partial charge in [0.15, 0.2) is 11.4 Å². The van der Waals surface area contributed by atoms with Gasteiger partial charge in [-0.05, 0) is 37.3 Å². The SMILES string of the molecule is O=C1OC2(CCCCC2)C(=O)C1c1ccccc1Cl. The molecule has 0 bridgehead atoms. The first-order chi connectivity index (χ1) is 9.14. The quantitative estimate of drug-likeness (QED) is 0.585. The Morgan fingerprint density at radius 2 is 1.79 bits per heavy atom. The maximum atomic E-state index is 12.6. The molecule has 19 heavy (non-hydrogen) atoms. The second-order valence-electron chi connectivity index (χ2n) is 5.29. The van der Waals surface area contributed by atoms with Gasteiger partial charge in [0.1, 0.15) is 5.92 Å². The lowest BCUT2D eigenvalue weighted by molar-refractivity contribution is -0.154. The highest BCUT2D eigenvalue weighted by atomic mass is 35.5. The molecule has 0 amide bonds. The lowest BCUT2D eigenvalue weighted by Crippen LogP contribution is -2.39. The summed E-state index contributed by atoms with van der Waals surface area (Å²) in [5.41, 5.74) is -0.305. The maximum absolute atomic E-state index is 12.6. The minimum absolute atomic E-state index is 0.106. The average molecular weight is 279 g/mol. The summed E-state index contributed by atoms with van der Waals surface area (Å²) in [7, 11) is 0. The van der Waals surface area contributed by atoms with Crippen molar-refractivity contribution in [2.75, 3.05) is 0 Å². The van der Waals surface area contributed by atoms with Crippen LogP contribution in [0.5, 0.6) is 0 Å². The molecule has 1 saturated carbocycles. The third-order valence-corrected chi connectivity index (χ3v) is 4.46. The van der Waals surface area contributed by atoms with Gasteiger partial charge in [0, 0.05) is 5.02 Å². The molecule has 1 saturated heterocycles. The number of esters is 1. The number of rotatable bonds is 1. The van der Waals surface area contributed by atoms with Crippen molar-refractivity contribution in [1.82, 2.24) is 0 Å². The molecule has 0 N–H and O–H groups in total. The Hall–Kier alpha value is -1.35. The van der Waals surface area contributed by atoms with Crippen molar-refractivity contribution in [2.45, 2.75) is 43.6 Å². The maximum Gasteiger partial charge on any atom is 0.322 e. The van der Waals surface area contributed by atoms with Crippen LogP contribution in [0.25, 0.3) is 0 Å². The van der Waals surface area contributed by atoms with Gasteiger partial charge in [-0.15, -0.1) is 0 Å². The van der Waals surface area contributed by atoms with E-state index in [0.29, 0.717) is 23.4 Å². The number of carbonyl (C=O) groups excluding carboxylic acids is 2. The average Bonchev–Trinajstić information content (AvgIpc) is 2.63. The molecule has 1 aliphatic carbocycles. The molecule has 1 spiro atoms. The predicted molar refractivity (Wildman–Crippen MR) is 71.1 cm³/mol. The molecule has 1 aromatic carbocycles. The fourth-order valence-electron chi connectivity index (χ4n) is 3.12. The molecule has 3 nitrogen and oxygen atoms in total. The second kappa shape index (κ2) is 4.64. The molecule has 0 aromatic heterocycles. The van der Waals surface area contributed by atoms with Crippen molar-refractivity contribution in [1.29, 1.82) is 0 Å².